The van der Waals surface area contributed by atoms with E-state index in [0.717, 1.165) is 27.4 Å². The quantitative estimate of drug-likeness (QED) is 0.839. The summed E-state index contributed by atoms with van der Waals surface area (Å²) in [5, 5.41) is 13.6. The first-order valence-corrected chi connectivity index (χ1v) is 8.53. The van der Waals surface area contributed by atoms with E-state index in [1.54, 1.807) is 29.8 Å². The van der Waals surface area contributed by atoms with Gasteiger partial charge in [-0.1, -0.05) is 32.1 Å². The number of hydrogen-bond donors (Lipinski definition) is 0. The van der Waals surface area contributed by atoms with Gasteiger partial charge in [0.2, 0.25) is 5.13 Å². The average molecular weight is 326 g/mol. The summed E-state index contributed by atoms with van der Waals surface area (Å²) in [7, 11) is 3.72. The van der Waals surface area contributed by atoms with Gasteiger partial charge in [0.1, 0.15) is 16.1 Å². The van der Waals surface area contributed by atoms with Gasteiger partial charge < -0.3 is 9.64 Å². The SMILES string of the molecule is CO[C@@H](C)c1nc(CN(C)c2nnc(C(C)(C)C)s2)cs1. The van der Waals surface area contributed by atoms with Crippen molar-refractivity contribution in [1.29, 1.82) is 0 Å². The molecule has 0 saturated carbocycles. The minimum absolute atomic E-state index is 0.0401. The molecule has 0 unspecified atom stereocenters. The average Bonchev–Trinajstić information content (AvgIpc) is 3.05. The molecular formula is C14H22N4OS2. The van der Waals surface area contributed by atoms with Gasteiger partial charge in [0.25, 0.3) is 0 Å². The number of methoxy groups -OCH3 is 1. The number of rotatable bonds is 5. The van der Waals surface area contributed by atoms with Crippen LogP contribution in [-0.4, -0.2) is 29.3 Å². The lowest BCUT2D eigenvalue weighted by molar-refractivity contribution is 0.119. The van der Waals surface area contributed by atoms with E-state index < -0.39 is 0 Å². The zero-order chi connectivity index (χ0) is 15.6. The van der Waals surface area contributed by atoms with E-state index in [0.29, 0.717) is 0 Å². The molecule has 116 valence electrons. The van der Waals surface area contributed by atoms with E-state index in [-0.39, 0.29) is 11.5 Å². The molecule has 21 heavy (non-hydrogen) atoms. The predicted molar refractivity (Wildman–Crippen MR) is 88.3 cm³/mol. The second kappa shape index (κ2) is 6.37. The minimum Gasteiger partial charge on any atom is -0.375 e. The topological polar surface area (TPSA) is 51.1 Å². The summed E-state index contributed by atoms with van der Waals surface area (Å²) >= 11 is 3.27. The largest absolute Gasteiger partial charge is 0.375 e. The Morgan fingerprint density at radius 3 is 2.62 bits per heavy atom. The summed E-state index contributed by atoms with van der Waals surface area (Å²) in [4.78, 5) is 6.70. The van der Waals surface area contributed by atoms with E-state index in [1.807, 2.05) is 14.0 Å². The Kier molecular flexibility index (Phi) is 4.95. The molecule has 1 atom stereocenters. The van der Waals surface area contributed by atoms with Gasteiger partial charge in [-0.05, 0) is 6.92 Å². The third-order valence-corrected chi connectivity index (χ3v) is 5.57. The highest BCUT2D eigenvalue weighted by molar-refractivity contribution is 7.15. The lowest BCUT2D eigenvalue weighted by Crippen LogP contribution is -2.16. The van der Waals surface area contributed by atoms with Crippen LogP contribution in [0.5, 0.6) is 0 Å². The van der Waals surface area contributed by atoms with Crippen molar-refractivity contribution in [2.45, 2.75) is 45.8 Å². The second-order valence-electron chi connectivity index (χ2n) is 6.05. The summed E-state index contributed by atoms with van der Waals surface area (Å²) in [6.07, 6.45) is 0.0445. The summed E-state index contributed by atoms with van der Waals surface area (Å²) in [5.41, 5.74) is 1.08. The fourth-order valence-electron chi connectivity index (χ4n) is 1.67. The zero-order valence-corrected chi connectivity index (χ0v) is 15.0. The molecule has 0 aliphatic heterocycles. The highest BCUT2D eigenvalue weighted by atomic mass is 32.1. The molecule has 0 aliphatic carbocycles. The highest BCUT2D eigenvalue weighted by Gasteiger charge is 2.21. The van der Waals surface area contributed by atoms with Crippen LogP contribution < -0.4 is 4.90 Å². The van der Waals surface area contributed by atoms with E-state index in [1.165, 1.54) is 0 Å². The van der Waals surface area contributed by atoms with Crippen LogP contribution in [0.25, 0.3) is 0 Å². The second-order valence-corrected chi connectivity index (χ2v) is 7.90. The molecule has 0 N–H and O–H groups in total. The van der Waals surface area contributed by atoms with E-state index in [9.17, 15) is 0 Å². The standard InChI is InChI=1S/C14H22N4OS2/c1-9(19-6)11-15-10(8-20-11)7-18(5)13-17-16-12(21-13)14(2,3)4/h8-9H,7H2,1-6H3/t9-/m0/s1. The van der Waals surface area contributed by atoms with Crippen molar-refractivity contribution in [2.75, 3.05) is 19.1 Å². The first-order chi connectivity index (χ1) is 9.81. The first-order valence-electron chi connectivity index (χ1n) is 6.83. The maximum Gasteiger partial charge on any atom is 0.208 e. The summed E-state index contributed by atoms with van der Waals surface area (Å²) in [5.74, 6) is 0. The molecule has 0 bridgehead atoms. The number of hydrogen-bond acceptors (Lipinski definition) is 7. The molecule has 0 radical (unpaired) electrons. The van der Waals surface area contributed by atoms with Crippen LogP contribution in [0.1, 0.15) is 49.5 Å². The van der Waals surface area contributed by atoms with Gasteiger partial charge in [-0.2, -0.15) is 0 Å². The lowest BCUT2D eigenvalue weighted by atomic mass is 9.98. The van der Waals surface area contributed by atoms with Gasteiger partial charge in [-0.25, -0.2) is 4.98 Å². The molecule has 0 amide bonds. The van der Waals surface area contributed by atoms with Crippen molar-refractivity contribution in [3.8, 4) is 0 Å². The number of anilines is 1. The van der Waals surface area contributed by atoms with Gasteiger partial charge in [0.15, 0.2) is 0 Å². The third-order valence-electron chi connectivity index (χ3n) is 3.05. The van der Waals surface area contributed by atoms with Crippen LogP contribution in [0.15, 0.2) is 5.38 Å². The highest BCUT2D eigenvalue weighted by Crippen LogP contribution is 2.30. The van der Waals surface area contributed by atoms with E-state index in [2.05, 4.69) is 46.2 Å². The fraction of sp³-hybridized carbons (Fsp3) is 0.643. The summed E-state index contributed by atoms with van der Waals surface area (Å²) < 4.78 is 5.29. The van der Waals surface area contributed by atoms with Crippen molar-refractivity contribution in [1.82, 2.24) is 15.2 Å². The number of nitrogens with zero attached hydrogens (tertiary/aromatic N) is 4. The van der Waals surface area contributed by atoms with Gasteiger partial charge in [-0.3, -0.25) is 0 Å². The lowest BCUT2D eigenvalue weighted by Gasteiger charge is -2.14. The van der Waals surface area contributed by atoms with Gasteiger partial charge >= 0.3 is 0 Å². The number of aromatic nitrogens is 3. The maximum atomic E-state index is 5.29. The van der Waals surface area contributed by atoms with Crippen LogP contribution in [0.2, 0.25) is 0 Å². The van der Waals surface area contributed by atoms with Crippen molar-refractivity contribution in [3.05, 3.63) is 21.1 Å². The van der Waals surface area contributed by atoms with Gasteiger partial charge in [-0.15, -0.1) is 21.5 Å². The molecule has 5 nitrogen and oxygen atoms in total. The molecule has 2 aromatic rings. The van der Waals surface area contributed by atoms with Crippen LogP contribution in [0.4, 0.5) is 5.13 Å². The molecule has 2 heterocycles. The summed E-state index contributed by atoms with van der Waals surface area (Å²) in [6.45, 7) is 9.18. The van der Waals surface area contributed by atoms with Crippen molar-refractivity contribution < 1.29 is 4.74 Å². The van der Waals surface area contributed by atoms with Crippen LogP contribution >= 0.6 is 22.7 Å². The molecule has 0 spiro atoms. The van der Waals surface area contributed by atoms with Crippen molar-refractivity contribution in [2.24, 2.45) is 0 Å². The molecular weight excluding hydrogens is 304 g/mol. The molecule has 7 heteroatoms. The molecule has 0 aliphatic rings. The zero-order valence-electron chi connectivity index (χ0n) is 13.4. The Bertz CT molecular complexity index is 588. The Morgan fingerprint density at radius 2 is 2.05 bits per heavy atom. The molecule has 2 rings (SSSR count). The van der Waals surface area contributed by atoms with Gasteiger partial charge in [0, 0.05) is 25.0 Å². The number of thiazole rings is 1. The monoisotopic (exact) mass is 326 g/mol. The predicted octanol–water partition coefficient (Wildman–Crippen LogP) is 3.64. The van der Waals surface area contributed by atoms with Crippen LogP contribution in [0.3, 0.4) is 0 Å². The Balaban J connectivity index is 2.06. The smallest absolute Gasteiger partial charge is 0.208 e. The van der Waals surface area contributed by atoms with E-state index in [4.69, 9.17) is 4.74 Å². The first kappa shape index (κ1) is 16.3. The fourth-order valence-corrected chi connectivity index (χ4v) is 3.37. The van der Waals surface area contributed by atoms with Crippen molar-refractivity contribution in [3.63, 3.8) is 0 Å². The number of ether oxygens (including phenoxy) is 1. The maximum absolute atomic E-state index is 5.29. The minimum atomic E-state index is 0.0401. The van der Waals surface area contributed by atoms with Crippen molar-refractivity contribution >= 4 is 27.8 Å². The van der Waals surface area contributed by atoms with Crippen LogP contribution in [0, 0.1) is 0 Å². The molecule has 0 fully saturated rings. The molecule has 0 saturated heterocycles. The van der Waals surface area contributed by atoms with E-state index >= 15 is 0 Å². The molecule has 2 aromatic heterocycles. The Hall–Kier alpha value is -1.05. The normalized spacial score (nSPS) is 13.4. The Morgan fingerprint density at radius 1 is 1.33 bits per heavy atom. The Labute approximate surface area is 134 Å². The summed E-state index contributed by atoms with van der Waals surface area (Å²) in [6, 6.07) is 0. The van der Waals surface area contributed by atoms with Crippen LogP contribution in [-0.2, 0) is 16.7 Å². The molecule has 0 aromatic carbocycles. The third kappa shape index (κ3) is 3.99. The van der Waals surface area contributed by atoms with Gasteiger partial charge in [0.05, 0.1) is 12.2 Å².